The van der Waals surface area contributed by atoms with E-state index in [4.69, 9.17) is 20.0 Å². The van der Waals surface area contributed by atoms with Crippen LogP contribution in [0.4, 0.5) is 0 Å². The Labute approximate surface area is 101 Å². The molecule has 2 rings (SSSR count). The normalized spacial score (nSPS) is 35.2. The van der Waals surface area contributed by atoms with E-state index in [9.17, 15) is 0 Å². The van der Waals surface area contributed by atoms with E-state index in [-0.39, 0.29) is 23.4 Å². The van der Waals surface area contributed by atoms with E-state index in [2.05, 4.69) is 6.92 Å². The van der Waals surface area contributed by atoms with Crippen molar-refractivity contribution in [2.75, 3.05) is 6.61 Å². The SMILES string of the molecule is CCO[C@H]1C[C@]2(C)CCC(=C(C#N)C#N)[C@H]1O2. The first-order chi connectivity index (χ1) is 8.13. The van der Waals surface area contributed by atoms with E-state index in [0.29, 0.717) is 6.61 Å². The summed E-state index contributed by atoms with van der Waals surface area (Å²) in [4.78, 5) is 0. The van der Waals surface area contributed by atoms with Gasteiger partial charge in [-0.15, -0.1) is 0 Å². The Morgan fingerprint density at radius 1 is 1.53 bits per heavy atom. The highest BCUT2D eigenvalue weighted by molar-refractivity contribution is 5.43. The summed E-state index contributed by atoms with van der Waals surface area (Å²) in [6, 6.07) is 3.92. The summed E-state index contributed by atoms with van der Waals surface area (Å²) in [5.74, 6) is 0. The van der Waals surface area contributed by atoms with Gasteiger partial charge in [0.05, 0.1) is 11.7 Å². The van der Waals surface area contributed by atoms with Gasteiger partial charge in [0.25, 0.3) is 0 Å². The van der Waals surface area contributed by atoms with Crippen LogP contribution in [0.5, 0.6) is 0 Å². The first-order valence-electron chi connectivity index (χ1n) is 5.96. The van der Waals surface area contributed by atoms with Crippen molar-refractivity contribution in [3.8, 4) is 12.1 Å². The Kier molecular flexibility index (Phi) is 3.19. The standard InChI is InChI=1S/C13H16N2O2/c1-3-16-11-6-13(2)5-4-10(12(11)17-13)9(7-14)8-15/h11-12H,3-6H2,1-2H3/t11-,12+,13-/m0/s1. The van der Waals surface area contributed by atoms with Gasteiger partial charge in [-0.25, -0.2) is 0 Å². The minimum atomic E-state index is -0.206. The second-order valence-electron chi connectivity index (χ2n) is 4.81. The van der Waals surface area contributed by atoms with Gasteiger partial charge in [-0.1, -0.05) is 0 Å². The molecule has 0 N–H and O–H groups in total. The molecule has 2 fully saturated rings. The van der Waals surface area contributed by atoms with Gasteiger partial charge < -0.3 is 9.47 Å². The molecule has 0 saturated carbocycles. The van der Waals surface area contributed by atoms with Gasteiger partial charge in [0.2, 0.25) is 0 Å². The van der Waals surface area contributed by atoms with Crippen LogP contribution < -0.4 is 0 Å². The third kappa shape index (κ3) is 2.07. The molecule has 0 amide bonds. The zero-order valence-electron chi connectivity index (χ0n) is 10.2. The molecule has 0 aromatic heterocycles. The zero-order chi connectivity index (χ0) is 12.5. The van der Waals surface area contributed by atoms with Gasteiger partial charge >= 0.3 is 0 Å². The van der Waals surface area contributed by atoms with Crippen LogP contribution in [0.25, 0.3) is 0 Å². The van der Waals surface area contributed by atoms with Crippen LogP contribution in [-0.4, -0.2) is 24.4 Å². The van der Waals surface area contributed by atoms with Crippen molar-refractivity contribution in [1.29, 1.82) is 10.5 Å². The van der Waals surface area contributed by atoms with E-state index in [1.807, 2.05) is 19.1 Å². The van der Waals surface area contributed by atoms with Crippen molar-refractivity contribution in [3.05, 3.63) is 11.1 Å². The van der Waals surface area contributed by atoms with Crippen molar-refractivity contribution < 1.29 is 9.47 Å². The number of allylic oxidation sites excluding steroid dienone is 1. The number of ether oxygens (including phenoxy) is 2. The quantitative estimate of drug-likeness (QED) is 0.683. The molecule has 4 nitrogen and oxygen atoms in total. The summed E-state index contributed by atoms with van der Waals surface area (Å²) in [5, 5.41) is 17.9. The molecular weight excluding hydrogens is 216 g/mol. The van der Waals surface area contributed by atoms with Crippen LogP contribution in [0.15, 0.2) is 11.1 Å². The van der Waals surface area contributed by atoms with Gasteiger partial charge in [0.1, 0.15) is 23.8 Å². The summed E-state index contributed by atoms with van der Waals surface area (Å²) in [6.45, 7) is 4.65. The fraction of sp³-hybridized carbons (Fsp3) is 0.692. The van der Waals surface area contributed by atoms with Crippen LogP contribution in [0.1, 0.15) is 33.1 Å². The fourth-order valence-electron chi connectivity index (χ4n) is 2.76. The van der Waals surface area contributed by atoms with Crippen LogP contribution in [0.2, 0.25) is 0 Å². The smallest absolute Gasteiger partial charge is 0.131 e. The predicted octanol–water partition coefficient (Wildman–Crippen LogP) is 2.08. The topological polar surface area (TPSA) is 66.0 Å². The lowest BCUT2D eigenvalue weighted by molar-refractivity contribution is -0.0571. The molecule has 0 aromatic carbocycles. The highest BCUT2D eigenvalue weighted by Gasteiger charge is 2.49. The third-order valence-electron chi connectivity index (χ3n) is 3.57. The van der Waals surface area contributed by atoms with Crippen molar-refractivity contribution in [2.24, 2.45) is 0 Å². The summed E-state index contributed by atoms with van der Waals surface area (Å²) in [6.07, 6.45) is 2.25. The molecule has 2 aliphatic rings. The molecule has 2 bridgehead atoms. The van der Waals surface area contributed by atoms with E-state index < -0.39 is 0 Å². The van der Waals surface area contributed by atoms with E-state index >= 15 is 0 Å². The Bertz CT molecular complexity index is 414. The zero-order valence-corrected chi connectivity index (χ0v) is 10.2. The Morgan fingerprint density at radius 2 is 2.24 bits per heavy atom. The van der Waals surface area contributed by atoms with Gasteiger partial charge in [-0.3, -0.25) is 0 Å². The first-order valence-corrected chi connectivity index (χ1v) is 5.96. The average Bonchev–Trinajstić information content (AvgIpc) is 2.56. The summed E-state index contributed by atoms with van der Waals surface area (Å²) >= 11 is 0. The molecule has 90 valence electrons. The van der Waals surface area contributed by atoms with Gasteiger partial charge in [-0.05, 0) is 32.3 Å². The first kappa shape index (κ1) is 12.1. The lowest BCUT2D eigenvalue weighted by Gasteiger charge is -2.31. The molecular formula is C13H16N2O2. The Hall–Kier alpha value is -1.36. The molecule has 2 aliphatic heterocycles. The Balaban J connectivity index is 2.33. The summed E-state index contributed by atoms with van der Waals surface area (Å²) < 4.78 is 11.6. The van der Waals surface area contributed by atoms with Crippen molar-refractivity contribution in [1.82, 2.24) is 0 Å². The van der Waals surface area contributed by atoms with Crippen LogP contribution in [0, 0.1) is 22.7 Å². The number of nitriles is 2. The minimum Gasteiger partial charge on any atom is -0.375 e. The molecule has 2 heterocycles. The lowest BCUT2D eigenvalue weighted by atomic mass is 9.93. The molecule has 0 radical (unpaired) electrons. The molecule has 2 saturated heterocycles. The van der Waals surface area contributed by atoms with Gasteiger partial charge in [0, 0.05) is 13.0 Å². The molecule has 0 aromatic rings. The van der Waals surface area contributed by atoms with Gasteiger partial charge in [-0.2, -0.15) is 10.5 Å². The summed E-state index contributed by atoms with van der Waals surface area (Å²) in [5.41, 5.74) is 0.872. The lowest BCUT2D eigenvalue weighted by Crippen LogP contribution is -2.32. The van der Waals surface area contributed by atoms with Crippen LogP contribution in [0.3, 0.4) is 0 Å². The van der Waals surface area contributed by atoms with Crippen LogP contribution >= 0.6 is 0 Å². The molecule has 0 unspecified atom stereocenters. The highest BCUT2D eigenvalue weighted by Crippen LogP contribution is 2.45. The second-order valence-corrected chi connectivity index (χ2v) is 4.81. The van der Waals surface area contributed by atoms with Crippen molar-refractivity contribution in [3.63, 3.8) is 0 Å². The fourth-order valence-corrected chi connectivity index (χ4v) is 2.76. The maximum Gasteiger partial charge on any atom is 0.131 e. The molecule has 17 heavy (non-hydrogen) atoms. The van der Waals surface area contributed by atoms with Gasteiger partial charge in [0.15, 0.2) is 0 Å². The Morgan fingerprint density at radius 3 is 2.82 bits per heavy atom. The number of fused-ring (bicyclic) bond motifs is 2. The molecule has 0 aliphatic carbocycles. The average molecular weight is 232 g/mol. The van der Waals surface area contributed by atoms with E-state index in [1.54, 1.807) is 0 Å². The number of rotatable bonds is 2. The monoisotopic (exact) mass is 232 g/mol. The number of hydrogen-bond donors (Lipinski definition) is 0. The molecule has 0 spiro atoms. The predicted molar refractivity (Wildman–Crippen MR) is 60.8 cm³/mol. The molecule has 4 heteroatoms. The third-order valence-corrected chi connectivity index (χ3v) is 3.57. The minimum absolute atomic E-state index is 0.0146. The van der Waals surface area contributed by atoms with Crippen molar-refractivity contribution in [2.45, 2.75) is 50.9 Å². The second kappa shape index (κ2) is 4.49. The highest BCUT2D eigenvalue weighted by atomic mass is 16.6. The summed E-state index contributed by atoms with van der Waals surface area (Å²) in [7, 11) is 0. The largest absolute Gasteiger partial charge is 0.375 e. The number of nitrogens with zero attached hydrogens (tertiary/aromatic N) is 2. The number of hydrogen-bond acceptors (Lipinski definition) is 4. The van der Waals surface area contributed by atoms with E-state index in [0.717, 1.165) is 24.8 Å². The van der Waals surface area contributed by atoms with E-state index in [1.165, 1.54) is 0 Å². The maximum atomic E-state index is 8.96. The van der Waals surface area contributed by atoms with Crippen LogP contribution in [-0.2, 0) is 9.47 Å². The molecule has 3 atom stereocenters. The van der Waals surface area contributed by atoms with Crippen molar-refractivity contribution >= 4 is 0 Å². The maximum absolute atomic E-state index is 8.96.